The van der Waals surface area contributed by atoms with E-state index in [-0.39, 0.29) is 26.0 Å². The van der Waals surface area contributed by atoms with Gasteiger partial charge in [0, 0.05) is 32.8 Å². The molecule has 5 amide bonds. The Morgan fingerprint density at radius 2 is 1.33 bits per heavy atom. The van der Waals surface area contributed by atoms with E-state index in [4.69, 9.17) is 47.4 Å². The number of nitrogens with zero attached hydrogens (tertiary/aromatic N) is 3. The summed E-state index contributed by atoms with van der Waals surface area (Å²) in [5, 5.41) is 70.2. The molecule has 8 N–H and O–H groups in total. The number of likely N-dealkylation sites (N-methyl/N-ethyl adjacent to an activating group) is 1. The van der Waals surface area contributed by atoms with Crippen molar-refractivity contribution in [3.63, 3.8) is 0 Å². The molecule has 3 saturated heterocycles. The summed E-state index contributed by atoms with van der Waals surface area (Å²) in [4.78, 5) is 79.2. The normalized spacial score (nSPS) is 28.9. The van der Waals surface area contributed by atoms with Gasteiger partial charge in [-0.15, -0.1) is 0 Å². The number of amides is 5. The second kappa shape index (κ2) is 29.3. The lowest BCUT2D eigenvalue weighted by molar-refractivity contribution is -0.387. The van der Waals surface area contributed by atoms with Gasteiger partial charge in [0.15, 0.2) is 23.8 Å². The van der Waals surface area contributed by atoms with E-state index in [1.807, 2.05) is 0 Å². The molecule has 31 heteroatoms. The maximum Gasteiger partial charge on any atom is 0.410 e. The van der Waals surface area contributed by atoms with Gasteiger partial charge in [0.05, 0.1) is 55.0 Å². The monoisotopic (exact) mass is 1250 g/mol. The molecule has 490 valence electrons. The molecule has 1 unspecified atom stereocenters. The minimum Gasteiger partial charge on any atom is -0.444 e. The number of carbonyl (C=O) groups is 5. The van der Waals surface area contributed by atoms with E-state index in [1.165, 1.54) is 26.1 Å². The largest absolute Gasteiger partial charge is 0.444 e. The summed E-state index contributed by atoms with van der Waals surface area (Å²) >= 11 is 0. The predicted octanol–water partition coefficient (Wildman–Crippen LogP) is 3.03. The molecule has 4 fully saturated rings. The first-order chi connectivity index (χ1) is 39.6. The summed E-state index contributed by atoms with van der Waals surface area (Å²) in [6.07, 6.45) is -17.2. The van der Waals surface area contributed by atoms with Gasteiger partial charge >= 0.3 is 24.4 Å². The number of carbonyl (C=O) groups excluding carboxylic acids is 5. The molecule has 3 aliphatic heterocycles. The molecule has 0 spiro atoms. The van der Waals surface area contributed by atoms with Crippen LogP contribution < -0.4 is 21.3 Å². The van der Waals surface area contributed by atoms with Crippen molar-refractivity contribution < 1.29 is 105 Å². The van der Waals surface area contributed by atoms with Crippen LogP contribution in [-0.2, 0) is 62.2 Å². The fourth-order valence-electron chi connectivity index (χ4n) is 9.98. The van der Waals surface area contributed by atoms with Crippen molar-refractivity contribution >= 4 is 46.0 Å². The molecule has 1 aromatic carbocycles. The standard InChI is InChI=1S/C55H91N7O23S/c1-51(2,3)82-47(67)56-28-36(63)44(66)57-33-27-34(59-49(69)84-53(7,8)9)42(39(64)41(33)81-46-40(65)43(55(13,71)30-78-46)60(14)50(70)85-54(10,11)12)80-45-32(58-48(68)83-52(4,5)6)23-22-31(79-45)29-61(24-26-77-38-21-17-18-25-76-38)86(74,75)37-20-16-15-19-35(37)62(72)73/h15-16,19-20,31-34,36,38-43,45-46,63-65,71H,17-18,21-30H2,1-14H3,(H,56,67)(H,57,66)(H,58,68)(H,59,69)/t31-,32+,33+,34-,36-,38?,39+,40+,41-,42+,43+,45+,46+,55-/m0/s1. The highest BCUT2D eigenvalue weighted by molar-refractivity contribution is 7.89. The van der Waals surface area contributed by atoms with E-state index >= 15 is 0 Å². The number of nitrogens with one attached hydrogen (secondary N) is 4. The summed E-state index contributed by atoms with van der Waals surface area (Å²) in [7, 11) is -3.47. The third kappa shape index (κ3) is 21.2. The third-order valence-corrected chi connectivity index (χ3v) is 15.5. The van der Waals surface area contributed by atoms with E-state index in [2.05, 4.69) is 21.3 Å². The summed E-state index contributed by atoms with van der Waals surface area (Å²) in [5.74, 6) is -1.14. The zero-order valence-electron chi connectivity index (χ0n) is 51.6. The van der Waals surface area contributed by atoms with Gasteiger partial charge in [-0.2, -0.15) is 4.31 Å². The average Bonchev–Trinajstić information content (AvgIpc) is 2.21. The lowest BCUT2D eigenvalue weighted by atomic mass is 9.82. The van der Waals surface area contributed by atoms with Crippen LogP contribution in [0.4, 0.5) is 24.9 Å². The minimum atomic E-state index is -4.73. The number of hydrogen-bond acceptors (Lipinski definition) is 23. The number of benzene rings is 1. The molecule has 0 aromatic heterocycles. The third-order valence-electron chi connectivity index (χ3n) is 13.6. The number of rotatable bonds is 20. The Morgan fingerprint density at radius 3 is 1.90 bits per heavy atom. The van der Waals surface area contributed by atoms with Gasteiger partial charge in [-0.1, -0.05) is 12.1 Å². The molecular weight excluding hydrogens is 1160 g/mol. The van der Waals surface area contributed by atoms with E-state index in [0.29, 0.717) is 13.0 Å². The van der Waals surface area contributed by atoms with Crippen molar-refractivity contribution in [3.8, 4) is 0 Å². The van der Waals surface area contributed by atoms with Crippen LogP contribution in [0.3, 0.4) is 0 Å². The fourth-order valence-corrected chi connectivity index (χ4v) is 11.6. The zero-order valence-corrected chi connectivity index (χ0v) is 52.4. The van der Waals surface area contributed by atoms with E-state index in [0.717, 1.165) is 34.2 Å². The fraction of sp³-hybridized carbons (Fsp3) is 0.800. The smallest absolute Gasteiger partial charge is 0.410 e. The van der Waals surface area contributed by atoms with Crippen LogP contribution in [0.15, 0.2) is 29.2 Å². The second-order valence-electron chi connectivity index (χ2n) is 26.0. The highest BCUT2D eigenvalue weighted by Crippen LogP contribution is 2.36. The van der Waals surface area contributed by atoms with Gasteiger partial charge in [0.25, 0.3) is 11.6 Å². The Morgan fingerprint density at radius 1 is 0.767 bits per heavy atom. The first-order valence-electron chi connectivity index (χ1n) is 28.7. The molecule has 0 radical (unpaired) electrons. The number of nitro groups is 1. The first-order valence-corrected chi connectivity index (χ1v) is 30.1. The predicted molar refractivity (Wildman–Crippen MR) is 302 cm³/mol. The van der Waals surface area contributed by atoms with Crippen molar-refractivity contribution in [2.24, 2.45) is 0 Å². The van der Waals surface area contributed by atoms with Gasteiger partial charge in [0.2, 0.25) is 10.0 Å². The number of para-hydroxylation sites is 1. The molecule has 0 bridgehead atoms. The van der Waals surface area contributed by atoms with Crippen LogP contribution in [0.25, 0.3) is 0 Å². The van der Waals surface area contributed by atoms with Crippen molar-refractivity contribution in [2.75, 3.05) is 46.5 Å². The Kier molecular flexibility index (Phi) is 24.4. The maximum atomic E-state index is 14.6. The SMILES string of the molecule is CN(C(=O)OC(C)(C)C)[C@@H]1[C@@H](O)[C@@H](O[C@@H]2[C@@H](O)[C@H](O[C@H]3O[C@H](CN(CCOC4CCCCO4)S(=O)(=O)c4ccccc4[N+](=O)[O-])CC[C@H]3NC(=O)OC(C)(C)C)[C@@H](NC(=O)OC(C)(C)C)C[C@H]2NC(=O)[C@@H](O)CNC(=O)OC(C)(C)C)OC[C@]1(C)O. The molecule has 1 saturated carbocycles. The molecule has 3 heterocycles. The number of alkyl carbamates (subject to hydrolysis) is 3. The molecule has 4 aliphatic rings. The topological polar surface area (TPSA) is 390 Å². The molecule has 86 heavy (non-hydrogen) atoms. The summed E-state index contributed by atoms with van der Waals surface area (Å²) < 4.78 is 89.5. The first kappa shape index (κ1) is 71.4. The second-order valence-corrected chi connectivity index (χ2v) is 27.9. The number of hydrogen-bond donors (Lipinski definition) is 8. The van der Waals surface area contributed by atoms with E-state index in [9.17, 15) is 62.9 Å². The Balaban J connectivity index is 1.59. The van der Waals surface area contributed by atoms with Crippen LogP contribution in [-0.4, -0.2) is 227 Å². The number of sulfonamides is 1. The summed E-state index contributed by atoms with van der Waals surface area (Å²) in [6.45, 7) is 18.6. The number of aliphatic hydroxyl groups excluding tert-OH is 3. The van der Waals surface area contributed by atoms with Crippen molar-refractivity contribution in [3.05, 3.63) is 34.4 Å². The van der Waals surface area contributed by atoms with Gasteiger partial charge in [-0.3, -0.25) is 14.9 Å². The molecular formula is C55H91N7O23S. The maximum absolute atomic E-state index is 14.6. The van der Waals surface area contributed by atoms with Gasteiger partial charge in [-0.25, -0.2) is 27.6 Å². The zero-order chi connectivity index (χ0) is 64.5. The molecule has 1 aliphatic carbocycles. The van der Waals surface area contributed by atoms with Crippen molar-refractivity contribution in [1.29, 1.82) is 0 Å². The quantitative estimate of drug-likeness (QED) is 0.0528. The molecule has 5 rings (SSSR count). The molecule has 14 atom stereocenters. The van der Waals surface area contributed by atoms with Crippen LogP contribution in [0.1, 0.15) is 129 Å². The lowest BCUT2D eigenvalue weighted by Crippen LogP contribution is -2.71. The summed E-state index contributed by atoms with van der Waals surface area (Å²) in [5.41, 5.74) is -6.76. The van der Waals surface area contributed by atoms with E-state index in [1.54, 1.807) is 83.1 Å². The van der Waals surface area contributed by atoms with Gasteiger partial charge in [0.1, 0.15) is 58.5 Å². The van der Waals surface area contributed by atoms with Gasteiger partial charge in [-0.05, 0) is 135 Å². The van der Waals surface area contributed by atoms with Crippen LogP contribution in [0, 0.1) is 10.1 Å². The number of aliphatic hydroxyl groups is 4. The highest BCUT2D eigenvalue weighted by atomic mass is 32.2. The molecule has 30 nitrogen and oxygen atoms in total. The number of nitro benzene ring substituents is 1. The van der Waals surface area contributed by atoms with Crippen molar-refractivity contribution in [1.82, 2.24) is 30.5 Å². The minimum absolute atomic E-state index is 0.00712. The number of ether oxygens (including phenoxy) is 10. The van der Waals surface area contributed by atoms with Crippen LogP contribution in [0.5, 0.6) is 0 Å². The Hall–Kier alpha value is -5.32. The van der Waals surface area contributed by atoms with Crippen molar-refractivity contribution in [2.45, 2.75) is 241 Å². The highest BCUT2D eigenvalue weighted by Gasteiger charge is 2.55. The van der Waals surface area contributed by atoms with Crippen LogP contribution >= 0.6 is 0 Å². The average molecular weight is 1250 g/mol. The lowest BCUT2D eigenvalue weighted by Gasteiger charge is -2.51. The molecule has 1 aromatic rings. The Bertz CT molecular complexity index is 2580. The van der Waals surface area contributed by atoms with E-state index < -0.39 is 190 Å². The van der Waals surface area contributed by atoms with Gasteiger partial charge < -0.3 is 94.0 Å². The summed E-state index contributed by atoms with van der Waals surface area (Å²) in [6, 6.07) is -0.863. The van der Waals surface area contributed by atoms with Crippen LogP contribution in [0.2, 0.25) is 0 Å². The Labute approximate surface area is 502 Å².